The van der Waals surface area contributed by atoms with Crippen LogP contribution in [0.5, 0.6) is 0 Å². The average Bonchev–Trinajstić information content (AvgIpc) is 2.70. The van der Waals surface area contributed by atoms with Crippen molar-refractivity contribution in [2.24, 2.45) is 11.5 Å². The minimum Gasteiger partial charge on any atom is -0.480 e. The molecule has 0 saturated carbocycles. The Kier molecular flexibility index (Phi) is 5.59. The summed E-state index contributed by atoms with van der Waals surface area (Å²) in [5.41, 5.74) is 9.52. The van der Waals surface area contributed by atoms with Gasteiger partial charge in [-0.15, -0.1) is 0 Å². The summed E-state index contributed by atoms with van der Waals surface area (Å²) in [7, 11) is 0. The number of aliphatic hydroxyl groups excluding tert-OH is 1. The third-order valence-corrected chi connectivity index (χ3v) is 1.13. The number of aliphatic hydroxyl groups is 1. The van der Waals surface area contributed by atoms with E-state index in [9.17, 15) is 9.59 Å². The fourth-order valence-corrected chi connectivity index (χ4v) is 0.408. The molecule has 0 unspecified atom stereocenters. The van der Waals surface area contributed by atoms with Crippen molar-refractivity contribution in [3.05, 3.63) is 12.4 Å². The Labute approximate surface area is 84.3 Å². The van der Waals surface area contributed by atoms with Gasteiger partial charge in [-0.25, -0.2) is 4.79 Å². The van der Waals surface area contributed by atoms with Gasteiger partial charge >= 0.3 is 12.0 Å². The van der Waals surface area contributed by atoms with E-state index in [1.807, 2.05) is 0 Å². The molecule has 0 radical (unpaired) electrons. The normalized spacial score (nSPS) is 11.1. The molecule has 6 N–H and O–H groups in total. The first-order chi connectivity index (χ1) is 6.99. The van der Waals surface area contributed by atoms with Gasteiger partial charge in [0.1, 0.15) is 6.04 Å². The third kappa shape index (κ3) is 5.33. The summed E-state index contributed by atoms with van der Waals surface area (Å²) in [6.45, 7) is -0.505. The predicted molar refractivity (Wildman–Crippen MR) is 47.7 cm³/mol. The zero-order valence-electron chi connectivity index (χ0n) is 7.65. The van der Waals surface area contributed by atoms with Gasteiger partial charge in [-0.1, -0.05) is 4.80 Å². The van der Waals surface area contributed by atoms with Gasteiger partial charge in [0.05, 0.1) is 19.0 Å². The lowest BCUT2D eigenvalue weighted by Gasteiger charge is -1.96. The molecule has 15 heavy (non-hydrogen) atoms. The van der Waals surface area contributed by atoms with Crippen molar-refractivity contribution < 1.29 is 19.8 Å². The van der Waals surface area contributed by atoms with Crippen LogP contribution in [0.15, 0.2) is 12.4 Å². The molecular formula is C6H11N5O4. The average molecular weight is 217 g/mol. The maximum absolute atomic E-state index is 10.1. The molecule has 0 spiro atoms. The number of nitrogens with two attached hydrogens (primary N) is 2. The number of hydrogen-bond donors (Lipinski definition) is 4. The summed E-state index contributed by atoms with van der Waals surface area (Å²) < 4.78 is 0. The van der Waals surface area contributed by atoms with Crippen LogP contribution in [0.4, 0.5) is 4.79 Å². The molecule has 84 valence electrons. The Balaban J connectivity index is 0.000000265. The standard InChI is InChI=1S/C3H4N4O.C3H7NO3/c4-3(8)7-5-1-2-6-7;4-2(1-5)3(6)7/h1-2H,(H2,4,8);2,5H,1,4H2,(H,6,7)/t;2-/m.0/s1. The highest BCUT2D eigenvalue weighted by atomic mass is 16.4. The summed E-state index contributed by atoms with van der Waals surface area (Å²) in [5, 5.41) is 22.8. The number of carbonyl (C=O) groups is 2. The van der Waals surface area contributed by atoms with Crippen LogP contribution in [0.2, 0.25) is 0 Å². The number of hydrogen-bond acceptors (Lipinski definition) is 6. The van der Waals surface area contributed by atoms with Crippen LogP contribution >= 0.6 is 0 Å². The second-order valence-electron chi connectivity index (χ2n) is 2.28. The number of primary amides is 1. The molecule has 0 bridgehead atoms. The second-order valence-corrected chi connectivity index (χ2v) is 2.28. The van der Waals surface area contributed by atoms with E-state index in [-0.39, 0.29) is 0 Å². The molecule has 1 rings (SSSR count). The lowest BCUT2D eigenvalue weighted by atomic mass is 10.3. The van der Waals surface area contributed by atoms with Gasteiger partial charge in [0.15, 0.2) is 0 Å². The first kappa shape index (κ1) is 13.0. The van der Waals surface area contributed by atoms with Gasteiger partial charge in [0.2, 0.25) is 0 Å². The highest BCUT2D eigenvalue weighted by Gasteiger charge is 2.06. The maximum atomic E-state index is 10.1. The number of carboxylic acid groups (broad SMARTS) is 1. The lowest BCUT2D eigenvalue weighted by Crippen LogP contribution is -2.33. The SMILES string of the molecule is NC(=O)n1nccn1.N[C@@H](CO)C(=O)O. The van der Waals surface area contributed by atoms with Gasteiger partial charge in [0, 0.05) is 0 Å². The van der Waals surface area contributed by atoms with Crippen molar-refractivity contribution in [1.82, 2.24) is 15.0 Å². The summed E-state index contributed by atoms with van der Waals surface area (Å²) >= 11 is 0. The molecule has 9 heteroatoms. The van der Waals surface area contributed by atoms with E-state index in [2.05, 4.69) is 10.2 Å². The van der Waals surface area contributed by atoms with Gasteiger partial charge in [-0.2, -0.15) is 10.2 Å². The van der Waals surface area contributed by atoms with Crippen molar-refractivity contribution in [3.8, 4) is 0 Å². The number of amides is 1. The number of nitrogens with zero attached hydrogens (tertiary/aromatic N) is 3. The summed E-state index contributed by atoms with van der Waals surface area (Å²) in [6, 6.07) is -1.80. The Morgan fingerprint density at radius 3 is 2.00 bits per heavy atom. The first-order valence-corrected chi connectivity index (χ1v) is 3.74. The summed E-state index contributed by atoms with van der Waals surface area (Å²) in [5.74, 6) is -1.18. The van der Waals surface area contributed by atoms with E-state index < -0.39 is 24.6 Å². The van der Waals surface area contributed by atoms with Crippen molar-refractivity contribution in [3.63, 3.8) is 0 Å². The number of aromatic nitrogens is 3. The quantitative estimate of drug-likeness (QED) is 0.429. The van der Waals surface area contributed by atoms with Crippen molar-refractivity contribution in [1.29, 1.82) is 0 Å². The van der Waals surface area contributed by atoms with Crippen LogP contribution in [0.1, 0.15) is 0 Å². The molecule has 9 nitrogen and oxygen atoms in total. The Bertz CT molecular complexity index is 311. The van der Waals surface area contributed by atoms with Gasteiger partial charge in [-0.3, -0.25) is 4.79 Å². The van der Waals surface area contributed by atoms with Crippen molar-refractivity contribution >= 4 is 12.0 Å². The Hall–Kier alpha value is -2.00. The van der Waals surface area contributed by atoms with Crippen LogP contribution in [0, 0.1) is 0 Å². The number of rotatable bonds is 2. The fourth-order valence-electron chi connectivity index (χ4n) is 0.408. The van der Waals surface area contributed by atoms with E-state index in [4.69, 9.17) is 21.7 Å². The maximum Gasteiger partial charge on any atom is 0.356 e. The first-order valence-electron chi connectivity index (χ1n) is 3.74. The zero-order valence-corrected chi connectivity index (χ0v) is 7.65. The monoisotopic (exact) mass is 217 g/mol. The van der Waals surface area contributed by atoms with Crippen molar-refractivity contribution in [2.45, 2.75) is 6.04 Å². The number of carboxylic acids is 1. The Morgan fingerprint density at radius 1 is 1.40 bits per heavy atom. The van der Waals surface area contributed by atoms with Crippen molar-refractivity contribution in [2.75, 3.05) is 6.61 Å². The van der Waals surface area contributed by atoms with Crippen LogP contribution in [-0.2, 0) is 4.79 Å². The minimum absolute atomic E-state index is 0.505. The van der Waals surface area contributed by atoms with Crippen LogP contribution in [-0.4, -0.2) is 49.9 Å². The topological polar surface area (TPSA) is 157 Å². The van der Waals surface area contributed by atoms with Gasteiger partial charge in [0.25, 0.3) is 0 Å². The molecule has 0 aliphatic carbocycles. The van der Waals surface area contributed by atoms with Gasteiger partial charge in [-0.05, 0) is 0 Å². The fraction of sp³-hybridized carbons (Fsp3) is 0.333. The highest BCUT2D eigenvalue weighted by molar-refractivity contribution is 5.73. The summed E-state index contributed by atoms with van der Waals surface area (Å²) in [6.07, 6.45) is 2.76. The molecule has 1 aromatic rings. The van der Waals surface area contributed by atoms with E-state index in [0.717, 1.165) is 4.80 Å². The molecule has 0 saturated heterocycles. The van der Waals surface area contributed by atoms with E-state index in [1.54, 1.807) is 0 Å². The third-order valence-electron chi connectivity index (χ3n) is 1.13. The van der Waals surface area contributed by atoms with E-state index in [0.29, 0.717) is 0 Å². The molecule has 1 heterocycles. The molecule has 1 atom stereocenters. The largest absolute Gasteiger partial charge is 0.480 e. The number of aliphatic carboxylic acids is 1. The molecular weight excluding hydrogens is 206 g/mol. The smallest absolute Gasteiger partial charge is 0.356 e. The molecule has 0 aliphatic rings. The lowest BCUT2D eigenvalue weighted by molar-refractivity contribution is -0.139. The second kappa shape index (κ2) is 6.45. The Morgan fingerprint density at radius 2 is 1.87 bits per heavy atom. The predicted octanol–water partition coefficient (Wildman–Crippen LogP) is -2.40. The van der Waals surface area contributed by atoms with E-state index in [1.165, 1.54) is 12.4 Å². The summed E-state index contributed by atoms with van der Waals surface area (Å²) in [4.78, 5) is 20.6. The van der Waals surface area contributed by atoms with Gasteiger partial charge < -0.3 is 21.7 Å². The molecule has 0 aliphatic heterocycles. The molecule has 1 amide bonds. The molecule has 0 aromatic carbocycles. The number of carbonyl (C=O) groups excluding carboxylic acids is 1. The molecule has 1 aromatic heterocycles. The minimum atomic E-state index is -1.18. The van der Waals surface area contributed by atoms with E-state index >= 15 is 0 Å². The van der Waals surface area contributed by atoms with Crippen LogP contribution in [0.25, 0.3) is 0 Å². The van der Waals surface area contributed by atoms with Crippen LogP contribution in [0.3, 0.4) is 0 Å². The highest BCUT2D eigenvalue weighted by Crippen LogP contribution is 1.71. The van der Waals surface area contributed by atoms with Crippen LogP contribution < -0.4 is 11.5 Å². The zero-order chi connectivity index (χ0) is 11.8. The molecule has 0 fully saturated rings.